The van der Waals surface area contributed by atoms with Crippen LogP contribution in [0.4, 0.5) is 0 Å². The molecule has 0 aliphatic heterocycles. The van der Waals surface area contributed by atoms with Gasteiger partial charge >= 0.3 is 0 Å². The first-order chi connectivity index (χ1) is 6.12. The van der Waals surface area contributed by atoms with Crippen LogP contribution >= 0.6 is 0 Å². The van der Waals surface area contributed by atoms with Crippen molar-refractivity contribution in [3.05, 3.63) is 0 Å². The van der Waals surface area contributed by atoms with Gasteiger partial charge in [0.15, 0.2) is 0 Å². The zero-order chi connectivity index (χ0) is 10.2. The monoisotopic (exact) mass is 187 g/mol. The molecular weight excluding hydrogens is 162 g/mol. The van der Waals surface area contributed by atoms with Crippen LogP contribution in [0, 0.1) is 5.41 Å². The first-order valence-electron chi connectivity index (χ1n) is 5.41. The summed E-state index contributed by atoms with van der Waals surface area (Å²) in [5.41, 5.74) is 0.268. The molecule has 0 atom stereocenters. The fraction of sp³-hybridized carbons (Fsp3) is 1.00. The highest BCUT2D eigenvalue weighted by Crippen LogP contribution is 2.13. The molecule has 0 radical (unpaired) electrons. The molecule has 0 aromatic rings. The third-order valence-electron chi connectivity index (χ3n) is 1.99. The first kappa shape index (κ1) is 12.9. The molecule has 0 aliphatic rings. The van der Waals surface area contributed by atoms with Gasteiger partial charge in [0, 0.05) is 18.6 Å². The molecule has 0 fully saturated rings. The van der Waals surface area contributed by atoms with E-state index < -0.39 is 0 Å². The molecule has 80 valence electrons. The molecule has 0 aromatic heterocycles. The minimum Gasteiger partial charge on any atom is -0.381 e. The summed E-state index contributed by atoms with van der Waals surface area (Å²) in [6.45, 7) is 12.6. The summed E-state index contributed by atoms with van der Waals surface area (Å²) in [4.78, 5) is 0. The van der Waals surface area contributed by atoms with Gasteiger partial charge in [-0.15, -0.1) is 0 Å². The molecule has 0 unspecified atom stereocenters. The maximum absolute atomic E-state index is 5.60. The molecule has 0 saturated carbocycles. The number of rotatable bonds is 8. The summed E-state index contributed by atoms with van der Waals surface area (Å²) in [7, 11) is 0. The van der Waals surface area contributed by atoms with Crippen molar-refractivity contribution in [3.8, 4) is 0 Å². The van der Waals surface area contributed by atoms with Crippen LogP contribution in [0.25, 0.3) is 0 Å². The average molecular weight is 187 g/mol. The van der Waals surface area contributed by atoms with Crippen molar-refractivity contribution >= 4 is 0 Å². The van der Waals surface area contributed by atoms with Crippen LogP contribution in [-0.2, 0) is 4.74 Å². The number of nitrogens with one attached hydrogen (secondary N) is 1. The smallest absolute Gasteiger partial charge is 0.0529 e. The van der Waals surface area contributed by atoms with Gasteiger partial charge in [-0.1, -0.05) is 34.1 Å². The SMILES string of the molecule is CCCCOCC(C)(C)CNCC. The quantitative estimate of drug-likeness (QED) is 0.589. The Morgan fingerprint density at radius 2 is 1.92 bits per heavy atom. The third kappa shape index (κ3) is 8.26. The molecule has 2 heteroatoms. The van der Waals surface area contributed by atoms with Crippen LogP contribution in [0.1, 0.15) is 40.5 Å². The van der Waals surface area contributed by atoms with Gasteiger partial charge in [-0.25, -0.2) is 0 Å². The number of unbranched alkanes of at least 4 members (excludes halogenated alkanes) is 1. The predicted octanol–water partition coefficient (Wildman–Crippen LogP) is 2.44. The van der Waals surface area contributed by atoms with Crippen LogP contribution in [0.15, 0.2) is 0 Å². The van der Waals surface area contributed by atoms with Crippen molar-refractivity contribution in [3.63, 3.8) is 0 Å². The van der Waals surface area contributed by atoms with E-state index in [0.717, 1.165) is 26.3 Å². The highest BCUT2D eigenvalue weighted by atomic mass is 16.5. The van der Waals surface area contributed by atoms with E-state index >= 15 is 0 Å². The van der Waals surface area contributed by atoms with Gasteiger partial charge < -0.3 is 10.1 Å². The second kappa shape index (κ2) is 7.34. The first-order valence-corrected chi connectivity index (χ1v) is 5.41. The maximum atomic E-state index is 5.60. The molecule has 0 rings (SSSR count). The Balaban J connectivity index is 3.39. The van der Waals surface area contributed by atoms with Crippen LogP contribution in [0.5, 0.6) is 0 Å². The second-order valence-corrected chi connectivity index (χ2v) is 4.35. The molecule has 2 nitrogen and oxygen atoms in total. The highest BCUT2D eigenvalue weighted by molar-refractivity contribution is 4.70. The second-order valence-electron chi connectivity index (χ2n) is 4.35. The van der Waals surface area contributed by atoms with Crippen molar-refractivity contribution in [2.24, 2.45) is 5.41 Å². The van der Waals surface area contributed by atoms with Crippen LogP contribution in [-0.4, -0.2) is 26.3 Å². The van der Waals surface area contributed by atoms with Gasteiger partial charge in [0.2, 0.25) is 0 Å². The minimum absolute atomic E-state index is 0.268. The molecule has 0 aromatic carbocycles. The molecule has 1 N–H and O–H groups in total. The topological polar surface area (TPSA) is 21.3 Å². The van der Waals surface area contributed by atoms with Crippen LogP contribution in [0.3, 0.4) is 0 Å². The number of hydrogen-bond acceptors (Lipinski definition) is 2. The lowest BCUT2D eigenvalue weighted by molar-refractivity contribution is 0.0607. The zero-order valence-electron chi connectivity index (χ0n) is 9.65. The molecule has 0 heterocycles. The molecule has 0 aliphatic carbocycles. The largest absolute Gasteiger partial charge is 0.381 e. The lowest BCUT2D eigenvalue weighted by Crippen LogP contribution is -2.33. The van der Waals surface area contributed by atoms with Crippen molar-refractivity contribution in [1.82, 2.24) is 5.32 Å². The van der Waals surface area contributed by atoms with Gasteiger partial charge in [-0.3, -0.25) is 0 Å². The Kier molecular flexibility index (Phi) is 7.29. The minimum atomic E-state index is 0.268. The molecule has 13 heavy (non-hydrogen) atoms. The summed E-state index contributed by atoms with van der Waals surface area (Å²) in [5.74, 6) is 0. The Bertz CT molecular complexity index is 113. The van der Waals surface area contributed by atoms with Gasteiger partial charge in [-0.05, 0) is 13.0 Å². The van der Waals surface area contributed by atoms with Crippen molar-refractivity contribution in [2.75, 3.05) is 26.3 Å². The lowest BCUT2D eigenvalue weighted by atomic mass is 9.95. The predicted molar refractivity (Wildman–Crippen MR) is 58.1 cm³/mol. The Labute approximate surface area is 83.1 Å². The van der Waals surface area contributed by atoms with Crippen molar-refractivity contribution < 1.29 is 4.74 Å². The fourth-order valence-electron chi connectivity index (χ4n) is 1.11. The summed E-state index contributed by atoms with van der Waals surface area (Å²) in [5, 5.41) is 3.35. The molecule has 0 bridgehead atoms. The van der Waals surface area contributed by atoms with Crippen molar-refractivity contribution in [2.45, 2.75) is 40.5 Å². The fourth-order valence-corrected chi connectivity index (χ4v) is 1.11. The van der Waals surface area contributed by atoms with E-state index in [9.17, 15) is 0 Å². The van der Waals surface area contributed by atoms with Crippen molar-refractivity contribution in [1.29, 1.82) is 0 Å². The average Bonchev–Trinajstić information content (AvgIpc) is 2.09. The van der Waals surface area contributed by atoms with E-state index in [1.54, 1.807) is 0 Å². The lowest BCUT2D eigenvalue weighted by Gasteiger charge is -2.24. The maximum Gasteiger partial charge on any atom is 0.0529 e. The summed E-state index contributed by atoms with van der Waals surface area (Å²) in [6, 6.07) is 0. The van der Waals surface area contributed by atoms with Gasteiger partial charge in [-0.2, -0.15) is 0 Å². The van der Waals surface area contributed by atoms with Crippen LogP contribution < -0.4 is 5.32 Å². The molecular formula is C11H25NO. The Morgan fingerprint density at radius 1 is 1.23 bits per heavy atom. The van der Waals surface area contributed by atoms with E-state index in [1.807, 2.05) is 0 Å². The van der Waals surface area contributed by atoms with E-state index in [1.165, 1.54) is 12.8 Å². The third-order valence-corrected chi connectivity index (χ3v) is 1.99. The standard InChI is InChI=1S/C11H25NO/c1-5-7-8-13-10-11(3,4)9-12-6-2/h12H,5-10H2,1-4H3. The summed E-state index contributed by atoms with van der Waals surface area (Å²) < 4.78 is 5.60. The molecule has 0 amide bonds. The Hall–Kier alpha value is -0.0800. The Morgan fingerprint density at radius 3 is 2.46 bits per heavy atom. The van der Waals surface area contributed by atoms with Gasteiger partial charge in [0.1, 0.15) is 0 Å². The van der Waals surface area contributed by atoms with Crippen LogP contribution in [0.2, 0.25) is 0 Å². The highest BCUT2D eigenvalue weighted by Gasteiger charge is 2.16. The summed E-state index contributed by atoms with van der Waals surface area (Å²) in [6.07, 6.45) is 2.39. The van der Waals surface area contributed by atoms with E-state index in [-0.39, 0.29) is 5.41 Å². The number of hydrogen-bond donors (Lipinski definition) is 1. The number of ether oxygens (including phenoxy) is 1. The molecule has 0 saturated heterocycles. The van der Waals surface area contributed by atoms with E-state index in [4.69, 9.17) is 4.74 Å². The molecule has 0 spiro atoms. The van der Waals surface area contributed by atoms with Gasteiger partial charge in [0.05, 0.1) is 6.61 Å². The normalized spacial score (nSPS) is 12.0. The van der Waals surface area contributed by atoms with E-state index in [2.05, 4.69) is 33.0 Å². The van der Waals surface area contributed by atoms with E-state index in [0.29, 0.717) is 0 Å². The zero-order valence-corrected chi connectivity index (χ0v) is 9.65. The van der Waals surface area contributed by atoms with Gasteiger partial charge in [0.25, 0.3) is 0 Å². The summed E-state index contributed by atoms with van der Waals surface area (Å²) >= 11 is 0.